The largest absolute Gasteiger partial charge is 0.176 e. The molecule has 0 N–H and O–H groups in total. The van der Waals surface area contributed by atoms with E-state index in [1.807, 2.05) is 11.4 Å². The van der Waals surface area contributed by atoms with E-state index < -0.39 is 6.46 Å². The Balaban J connectivity index is 1.98. The lowest BCUT2D eigenvalue weighted by molar-refractivity contribution is 1.38. The molecule has 0 aliphatic heterocycles. The predicted octanol–water partition coefficient (Wildman–Crippen LogP) is 6.00. The molecule has 0 bridgehead atoms. The molecule has 0 aliphatic carbocycles. The first kappa shape index (κ1) is 18.0. The lowest BCUT2D eigenvalue weighted by atomic mass is 10.2. The maximum atomic E-state index is 2.29. The zero-order valence-electron chi connectivity index (χ0n) is 15.3. The second-order valence-electron chi connectivity index (χ2n) is 6.52. The van der Waals surface area contributed by atoms with Gasteiger partial charge in [-0.05, 0) is 55.5 Å². The Morgan fingerprint density at radius 3 is 1.22 bits per heavy atom. The normalized spacial score (nSPS) is 11.3. The summed E-state index contributed by atoms with van der Waals surface area (Å²) in [6.07, 6.45) is 0. The highest BCUT2D eigenvalue weighted by atomic mass is 32.7. The summed E-state index contributed by atoms with van der Waals surface area (Å²) >= 11 is 2.02. The molecular weight excluding hydrogens is 363 g/mol. The van der Waals surface area contributed by atoms with Gasteiger partial charge < -0.3 is 0 Å². The van der Waals surface area contributed by atoms with Gasteiger partial charge in [-0.2, -0.15) is 0 Å². The van der Waals surface area contributed by atoms with Crippen molar-refractivity contribution < 1.29 is 0 Å². The van der Waals surface area contributed by atoms with E-state index in [1.165, 1.54) is 26.4 Å². The summed E-state index contributed by atoms with van der Waals surface area (Å²) in [5.41, 5.74) is 1.29. The van der Waals surface area contributed by atoms with Gasteiger partial charge in [-0.3, -0.25) is 0 Å². The summed E-state index contributed by atoms with van der Waals surface area (Å²) < 4.78 is 0. The molecule has 0 atom stereocenters. The molecule has 0 nitrogen and oxygen atoms in total. The van der Waals surface area contributed by atoms with Gasteiger partial charge >= 0.3 is 0 Å². The van der Waals surface area contributed by atoms with Crippen LogP contribution >= 0.6 is 17.8 Å². The van der Waals surface area contributed by atoms with Crippen LogP contribution in [0.25, 0.3) is 0 Å². The number of hydrogen-bond acceptors (Lipinski definition) is 1. The summed E-state index contributed by atoms with van der Waals surface area (Å²) in [7, 11) is 0. The van der Waals surface area contributed by atoms with Crippen LogP contribution in [-0.2, 0) is 0 Å². The molecule has 4 aromatic rings. The fourth-order valence-electron chi connectivity index (χ4n) is 3.28. The van der Waals surface area contributed by atoms with Crippen molar-refractivity contribution in [1.82, 2.24) is 0 Å². The molecule has 2 heteroatoms. The average molecular weight is 385 g/mol. The topological polar surface area (TPSA) is 0 Å². The van der Waals surface area contributed by atoms with Crippen molar-refractivity contribution in [3.05, 3.63) is 121 Å². The maximum absolute atomic E-state index is 2.29. The van der Waals surface area contributed by atoms with E-state index >= 15 is 0 Å². The zero-order valence-corrected chi connectivity index (χ0v) is 17.0. The van der Waals surface area contributed by atoms with E-state index in [4.69, 9.17) is 0 Å². The summed E-state index contributed by atoms with van der Waals surface area (Å²) in [6, 6.07) is 41.9. The van der Waals surface area contributed by atoms with E-state index in [1.54, 1.807) is 0 Å². The molecule has 4 rings (SSSR count). The van der Waals surface area contributed by atoms with Crippen LogP contribution in [0.3, 0.4) is 0 Å². The molecule has 27 heavy (non-hydrogen) atoms. The Morgan fingerprint density at radius 1 is 0.481 bits per heavy atom. The van der Waals surface area contributed by atoms with Crippen molar-refractivity contribution in [2.24, 2.45) is 0 Å². The zero-order chi connectivity index (χ0) is 18.5. The molecule has 0 radical (unpaired) electrons. The van der Waals surface area contributed by atoms with Gasteiger partial charge in [0.05, 0.1) is 11.4 Å². The van der Waals surface area contributed by atoms with E-state index in [0.717, 1.165) is 0 Å². The van der Waals surface area contributed by atoms with Crippen molar-refractivity contribution in [3.8, 4) is 0 Å². The third-order valence-corrected chi connectivity index (χ3v) is 11.8. The first-order chi connectivity index (χ1) is 13.3. The lowest BCUT2D eigenvalue weighted by Gasteiger charge is -2.25. The lowest BCUT2D eigenvalue weighted by Crippen LogP contribution is -2.28. The minimum absolute atomic E-state index is 1.29. The highest BCUT2D eigenvalue weighted by Gasteiger charge is 2.47. The van der Waals surface area contributed by atoms with Gasteiger partial charge in [0.2, 0.25) is 0 Å². The van der Waals surface area contributed by atoms with Crippen LogP contribution in [0.4, 0.5) is 0 Å². The number of rotatable bonds is 5. The van der Waals surface area contributed by atoms with E-state index in [2.05, 4.69) is 122 Å². The van der Waals surface area contributed by atoms with Crippen LogP contribution in [0.15, 0.2) is 120 Å². The highest BCUT2D eigenvalue weighted by molar-refractivity contribution is 8.69. The smallest absolute Gasteiger partial charge is 0.0620 e. The second-order valence-corrected chi connectivity index (χ2v) is 12.1. The molecule has 0 aliphatic rings. The molecule has 0 amide bonds. The summed E-state index contributed by atoms with van der Waals surface area (Å²) in [5.74, 6) is 0. The molecule has 0 spiro atoms. The number of hydrogen-bond donors (Lipinski definition) is 0. The van der Waals surface area contributed by atoms with Crippen molar-refractivity contribution in [3.63, 3.8) is 0 Å². The van der Waals surface area contributed by atoms with Crippen LogP contribution in [-0.4, -0.2) is 0 Å². The molecule has 0 aromatic heterocycles. The Kier molecular flexibility index (Phi) is 5.43. The minimum Gasteiger partial charge on any atom is -0.0620 e. The first-order valence-electron chi connectivity index (χ1n) is 9.11. The third kappa shape index (κ3) is 3.72. The van der Waals surface area contributed by atoms with Gasteiger partial charge in [-0.15, -0.1) is 0 Å². The first-order valence-corrected chi connectivity index (χ1v) is 12.3. The van der Waals surface area contributed by atoms with Crippen molar-refractivity contribution in [2.75, 3.05) is 0 Å². The molecule has 0 unspecified atom stereocenters. The Hall–Kier alpha value is -2.34. The Morgan fingerprint density at radius 2 is 0.852 bits per heavy atom. The molecule has 132 valence electrons. The van der Waals surface area contributed by atoms with Crippen molar-refractivity contribution in [1.29, 1.82) is 0 Å². The monoisotopic (exact) mass is 385 g/mol. The van der Waals surface area contributed by atoms with Crippen LogP contribution in [0.2, 0.25) is 0 Å². The van der Waals surface area contributed by atoms with Crippen LogP contribution in [0.1, 0.15) is 5.56 Å². The summed E-state index contributed by atoms with van der Waals surface area (Å²) in [4.78, 5) is 1.31. The number of aryl methyl sites for hydroxylation is 1. The molecule has 0 saturated heterocycles. The fourth-order valence-corrected chi connectivity index (χ4v) is 10.2. The summed E-state index contributed by atoms with van der Waals surface area (Å²) in [5, 5.41) is 4.19. The standard InChI is InChI=1S/C25H22PS/c1-21-17-19-25(20-18-21)27-26(22-11-5-2-6-12-22,23-13-7-3-8-14-23)24-15-9-4-10-16-24/h2-20H,1H3/q+1. The van der Waals surface area contributed by atoms with Crippen LogP contribution in [0, 0.1) is 6.92 Å². The second kappa shape index (κ2) is 8.13. The van der Waals surface area contributed by atoms with E-state index in [-0.39, 0.29) is 0 Å². The predicted molar refractivity (Wildman–Crippen MR) is 122 cm³/mol. The third-order valence-electron chi connectivity index (χ3n) is 4.62. The van der Waals surface area contributed by atoms with Gasteiger partial charge in [0.25, 0.3) is 0 Å². The maximum Gasteiger partial charge on any atom is 0.176 e. The summed E-state index contributed by atoms with van der Waals surface area (Å²) in [6.45, 7) is 0.268. The van der Waals surface area contributed by atoms with Crippen molar-refractivity contribution in [2.45, 2.75) is 11.8 Å². The molecule has 0 fully saturated rings. The minimum atomic E-state index is -1.87. The van der Waals surface area contributed by atoms with Crippen LogP contribution < -0.4 is 15.9 Å². The Labute approximate surface area is 166 Å². The van der Waals surface area contributed by atoms with E-state index in [9.17, 15) is 0 Å². The van der Waals surface area contributed by atoms with Gasteiger partial charge in [0, 0.05) is 4.90 Å². The Bertz CT molecular complexity index is 884. The van der Waals surface area contributed by atoms with Gasteiger partial charge in [0.15, 0.2) is 6.46 Å². The number of benzene rings is 4. The fraction of sp³-hybridized carbons (Fsp3) is 0.0400. The SMILES string of the molecule is Cc1ccc(S[P+](c2ccccc2)(c2ccccc2)c2ccccc2)cc1. The van der Waals surface area contributed by atoms with Crippen LogP contribution in [0.5, 0.6) is 0 Å². The van der Waals surface area contributed by atoms with E-state index in [0.29, 0.717) is 0 Å². The highest BCUT2D eigenvalue weighted by Crippen LogP contribution is 2.69. The van der Waals surface area contributed by atoms with Gasteiger partial charge in [0.1, 0.15) is 15.9 Å². The molecule has 4 aromatic carbocycles. The van der Waals surface area contributed by atoms with Crippen molar-refractivity contribution >= 4 is 33.8 Å². The molecular formula is C25H22PS+. The van der Waals surface area contributed by atoms with Gasteiger partial charge in [-0.1, -0.05) is 72.3 Å². The average Bonchev–Trinajstić information content (AvgIpc) is 2.75. The van der Waals surface area contributed by atoms with Gasteiger partial charge in [-0.25, -0.2) is 0 Å². The molecule has 0 heterocycles. The quantitative estimate of drug-likeness (QED) is 0.380. The molecule has 0 saturated carbocycles.